The van der Waals surface area contributed by atoms with Gasteiger partial charge in [-0.3, -0.25) is 0 Å². The van der Waals surface area contributed by atoms with Gasteiger partial charge >= 0.3 is 0 Å². The van der Waals surface area contributed by atoms with Gasteiger partial charge in [-0.25, -0.2) is 9.97 Å². The van der Waals surface area contributed by atoms with Crippen molar-refractivity contribution in [2.75, 3.05) is 37.9 Å². The van der Waals surface area contributed by atoms with Crippen LogP contribution in [0.4, 0.5) is 17.3 Å². The van der Waals surface area contributed by atoms with E-state index in [0.29, 0.717) is 11.9 Å². The Bertz CT molecular complexity index is 1230. The monoisotopic (exact) mass is 445 g/mol. The molecule has 1 fully saturated rings. The highest BCUT2D eigenvalue weighted by molar-refractivity contribution is 7.17. The highest BCUT2D eigenvalue weighted by atomic mass is 32.1. The Kier molecular flexibility index (Phi) is 5.92. The molecule has 32 heavy (non-hydrogen) atoms. The highest BCUT2D eigenvalue weighted by Crippen LogP contribution is 2.38. The maximum absolute atomic E-state index is 5.70. The first-order chi connectivity index (χ1) is 15.8. The third kappa shape index (κ3) is 4.01. The van der Waals surface area contributed by atoms with Crippen molar-refractivity contribution in [3.63, 3.8) is 0 Å². The quantitative estimate of drug-likeness (QED) is 0.358. The van der Waals surface area contributed by atoms with Gasteiger partial charge in [-0.05, 0) is 55.6 Å². The van der Waals surface area contributed by atoms with Crippen molar-refractivity contribution in [1.82, 2.24) is 15.3 Å². The Morgan fingerprint density at radius 3 is 2.72 bits per heavy atom. The fourth-order valence-corrected chi connectivity index (χ4v) is 5.22. The molecule has 3 heterocycles. The Labute approximate surface area is 192 Å². The molecule has 0 aliphatic carbocycles. The van der Waals surface area contributed by atoms with E-state index >= 15 is 0 Å². The van der Waals surface area contributed by atoms with Crippen molar-refractivity contribution in [3.05, 3.63) is 59.6 Å². The molecular formula is C25H27N5OS. The molecule has 7 heteroatoms. The fourth-order valence-electron chi connectivity index (χ4n) is 4.36. The molecule has 5 rings (SSSR count). The molecule has 0 unspecified atom stereocenters. The van der Waals surface area contributed by atoms with Gasteiger partial charge in [0.1, 0.15) is 5.75 Å². The van der Waals surface area contributed by atoms with Crippen LogP contribution in [0.1, 0.15) is 24.3 Å². The van der Waals surface area contributed by atoms with Crippen LogP contribution in [0.2, 0.25) is 0 Å². The molecule has 6 nitrogen and oxygen atoms in total. The van der Waals surface area contributed by atoms with Gasteiger partial charge < -0.3 is 20.7 Å². The minimum atomic E-state index is 0.562. The minimum absolute atomic E-state index is 0.562. The predicted molar refractivity (Wildman–Crippen MR) is 134 cm³/mol. The second kappa shape index (κ2) is 9.14. The standard InChI is InChI=1S/C25H27N5OS/c1-26-20-6-4-3-5-18(20)19-15-32-23-14-28-25(30-24(19)23)29-21-8-7-17(13-22(21)31-2)16-9-11-27-12-10-16/h3-8,13-16,26-27H,9-12H2,1-2H3,(H,28,29,30). The van der Waals surface area contributed by atoms with E-state index in [9.17, 15) is 0 Å². The van der Waals surface area contributed by atoms with E-state index in [4.69, 9.17) is 9.72 Å². The van der Waals surface area contributed by atoms with Crippen molar-refractivity contribution < 1.29 is 4.74 Å². The highest BCUT2D eigenvalue weighted by Gasteiger charge is 2.18. The molecule has 0 bridgehead atoms. The Morgan fingerprint density at radius 2 is 1.91 bits per heavy atom. The lowest BCUT2D eigenvalue weighted by Gasteiger charge is -2.24. The average Bonchev–Trinajstić information content (AvgIpc) is 3.28. The number of rotatable bonds is 6. The van der Waals surface area contributed by atoms with Crippen LogP contribution < -0.4 is 20.7 Å². The van der Waals surface area contributed by atoms with Gasteiger partial charge in [0.25, 0.3) is 0 Å². The number of para-hydroxylation sites is 1. The number of nitrogens with zero attached hydrogens (tertiary/aromatic N) is 2. The summed E-state index contributed by atoms with van der Waals surface area (Å²) in [7, 11) is 3.65. The normalized spacial score (nSPS) is 14.4. The number of nitrogens with one attached hydrogen (secondary N) is 3. The van der Waals surface area contributed by atoms with Crippen LogP contribution >= 0.6 is 11.3 Å². The lowest BCUT2D eigenvalue weighted by Crippen LogP contribution is -2.26. The van der Waals surface area contributed by atoms with Crippen LogP contribution in [0.3, 0.4) is 0 Å². The zero-order chi connectivity index (χ0) is 21.9. The van der Waals surface area contributed by atoms with E-state index in [0.717, 1.165) is 64.4 Å². The fraction of sp³-hybridized carbons (Fsp3) is 0.280. The molecule has 0 radical (unpaired) electrons. The average molecular weight is 446 g/mol. The van der Waals surface area contributed by atoms with Crippen LogP contribution in [0.15, 0.2) is 54.0 Å². The molecule has 164 valence electrons. The molecule has 1 saturated heterocycles. The van der Waals surface area contributed by atoms with Crippen molar-refractivity contribution >= 4 is 38.9 Å². The molecule has 2 aromatic heterocycles. The molecule has 1 aliphatic rings. The minimum Gasteiger partial charge on any atom is -0.495 e. The van der Waals surface area contributed by atoms with Crippen molar-refractivity contribution in [2.24, 2.45) is 0 Å². The molecule has 0 saturated carbocycles. The Balaban J connectivity index is 1.47. The van der Waals surface area contributed by atoms with Gasteiger partial charge in [0.2, 0.25) is 5.95 Å². The summed E-state index contributed by atoms with van der Waals surface area (Å²) in [5.41, 5.74) is 6.46. The summed E-state index contributed by atoms with van der Waals surface area (Å²) in [5.74, 6) is 1.95. The molecule has 3 N–H and O–H groups in total. The number of aromatic nitrogens is 2. The van der Waals surface area contributed by atoms with Crippen LogP contribution in [0.25, 0.3) is 21.3 Å². The molecule has 0 spiro atoms. The van der Waals surface area contributed by atoms with Gasteiger partial charge in [-0.15, -0.1) is 11.3 Å². The lowest BCUT2D eigenvalue weighted by atomic mass is 9.90. The number of anilines is 3. The van der Waals surface area contributed by atoms with Crippen LogP contribution in [-0.4, -0.2) is 37.2 Å². The number of piperidine rings is 1. The number of ether oxygens (including phenoxy) is 1. The number of fused-ring (bicyclic) bond motifs is 1. The van der Waals surface area contributed by atoms with E-state index in [1.165, 1.54) is 5.56 Å². The number of benzene rings is 2. The molecule has 0 atom stereocenters. The Morgan fingerprint density at radius 1 is 1.06 bits per heavy atom. The molecule has 4 aromatic rings. The number of thiophene rings is 1. The summed E-state index contributed by atoms with van der Waals surface area (Å²) < 4.78 is 6.76. The van der Waals surface area contributed by atoms with Gasteiger partial charge in [0, 0.05) is 29.2 Å². The van der Waals surface area contributed by atoms with Gasteiger partial charge in [-0.1, -0.05) is 24.3 Å². The lowest BCUT2D eigenvalue weighted by molar-refractivity contribution is 0.413. The van der Waals surface area contributed by atoms with Crippen molar-refractivity contribution in [2.45, 2.75) is 18.8 Å². The van der Waals surface area contributed by atoms with Gasteiger partial charge in [-0.2, -0.15) is 0 Å². The van der Waals surface area contributed by atoms with E-state index in [2.05, 4.69) is 62.7 Å². The molecule has 2 aromatic carbocycles. The van der Waals surface area contributed by atoms with Gasteiger partial charge in [0.05, 0.1) is 29.2 Å². The smallest absolute Gasteiger partial charge is 0.227 e. The van der Waals surface area contributed by atoms with Crippen molar-refractivity contribution in [3.8, 4) is 16.9 Å². The van der Waals surface area contributed by atoms with Crippen molar-refractivity contribution in [1.29, 1.82) is 0 Å². The summed E-state index contributed by atoms with van der Waals surface area (Å²) in [6, 6.07) is 14.7. The first-order valence-corrected chi connectivity index (χ1v) is 11.8. The number of hydrogen-bond acceptors (Lipinski definition) is 7. The molecule has 0 amide bonds. The Hall–Kier alpha value is -3.16. The summed E-state index contributed by atoms with van der Waals surface area (Å²) >= 11 is 1.66. The molecular weight excluding hydrogens is 418 g/mol. The second-order valence-corrected chi connectivity index (χ2v) is 8.87. The van der Waals surface area contributed by atoms with E-state index in [-0.39, 0.29) is 0 Å². The third-order valence-electron chi connectivity index (χ3n) is 6.08. The SMILES string of the molecule is CNc1ccccc1-c1csc2cnc(Nc3ccc(C4CCNCC4)cc3OC)nc12. The summed E-state index contributed by atoms with van der Waals surface area (Å²) in [4.78, 5) is 9.41. The van der Waals surface area contributed by atoms with E-state index < -0.39 is 0 Å². The van der Waals surface area contributed by atoms with Crippen LogP contribution in [-0.2, 0) is 0 Å². The van der Waals surface area contributed by atoms with E-state index in [1.807, 2.05) is 19.3 Å². The summed E-state index contributed by atoms with van der Waals surface area (Å²) in [6.45, 7) is 2.14. The first-order valence-electron chi connectivity index (χ1n) is 10.9. The summed E-state index contributed by atoms with van der Waals surface area (Å²) in [6.07, 6.45) is 4.20. The number of methoxy groups -OCH3 is 1. The number of hydrogen-bond donors (Lipinski definition) is 3. The molecule has 1 aliphatic heterocycles. The maximum atomic E-state index is 5.70. The largest absolute Gasteiger partial charge is 0.495 e. The van der Waals surface area contributed by atoms with Crippen LogP contribution in [0.5, 0.6) is 5.75 Å². The second-order valence-electron chi connectivity index (χ2n) is 7.96. The maximum Gasteiger partial charge on any atom is 0.227 e. The van der Waals surface area contributed by atoms with Gasteiger partial charge in [0.15, 0.2) is 0 Å². The first kappa shape index (κ1) is 20.7. The zero-order valence-electron chi connectivity index (χ0n) is 18.3. The van der Waals surface area contributed by atoms with E-state index in [1.54, 1.807) is 18.4 Å². The third-order valence-corrected chi connectivity index (χ3v) is 6.99. The van der Waals surface area contributed by atoms with Crippen LogP contribution in [0, 0.1) is 0 Å². The predicted octanol–water partition coefficient (Wildman–Crippen LogP) is 5.62. The zero-order valence-corrected chi connectivity index (χ0v) is 19.1. The summed E-state index contributed by atoms with van der Waals surface area (Å²) in [5, 5.41) is 12.2. The topological polar surface area (TPSA) is 71.1 Å².